The summed E-state index contributed by atoms with van der Waals surface area (Å²) in [4.78, 5) is 0. The molecule has 0 spiro atoms. The highest BCUT2D eigenvalue weighted by atomic mass is 16.5. The Kier molecular flexibility index (Phi) is 3.58. The molecule has 0 bridgehead atoms. The predicted molar refractivity (Wildman–Crippen MR) is 77.7 cm³/mol. The van der Waals surface area contributed by atoms with E-state index in [1.54, 1.807) is 7.11 Å². The maximum atomic E-state index is 5.78. The number of methoxy groups -OCH3 is 1. The summed E-state index contributed by atoms with van der Waals surface area (Å²) in [7, 11) is 1.66. The number of nitrogens with two attached hydrogens (primary N) is 1. The van der Waals surface area contributed by atoms with Gasteiger partial charge in [0.25, 0.3) is 0 Å². The summed E-state index contributed by atoms with van der Waals surface area (Å²) in [5, 5.41) is 0. The van der Waals surface area contributed by atoms with Crippen LogP contribution in [0.1, 0.15) is 23.1 Å². The second-order valence-corrected chi connectivity index (χ2v) is 4.87. The van der Waals surface area contributed by atoms with Crippen molar-refractivity contribution in [2.75, 3.05) is 13.7 Å². The first-order chi connectivity index (χ1) is 9.83. The minimum absolute atomic E-state index is 0.0181. The molecule has 2 atom stereocenters. The van der Waals surface area contributed by atoms with Gasteiger partial charge in [-0.2, -0.15) is 0 Å². The van der Waals surface area contributed by atoms with Crippen LogP contribution in [0.5, 0.6) is 11.5 Å². The van der Waals surface area contributed by atoms with Gasteiger partial charge in [-0.25, -0.2) is 0 Å². The third-order valence-electron chi connectivity index (χ3n) is 3.79. The highest BCUT2D eigenvalue weighted by molar-refractivity contribution is 5.42. The fraction of sp³-hybridized carbons (Fsp3) is 0.250. The van der Waals surface area contributed by atoms with Crippen molar-refractivity contribution in [1.29, 1.82) is 0 Å². The lowest BCUT2D eigenvalue weighted by molar-refractivity contribution is 0.300. The van der Waals surface area contributed by atoms with Crippen molar-refractivity contribution >= 4 is 0 Å². The standard InChI is InChI=1S/C16H18N2O2/c1-19-12-8-6-11(7-9-12)16(18-17)14-10-20-15-5-3-2-4-13(14)15/h2-9,14,16,18H,10,17H2,1H3. The van der Waals surface area contributed by atoms with E-state index < -0.39 is 0 Å². The zero-order valence-corrected chi connectivity index (χ0v) is 11.4. The van der Waals surface area contributed by atoms with Gasteiger partial charge in [0.1, 0.15) is 11.5 Å². The number of ether oxygens (including phenoxy) is 2. The van der Waals surface area contributed by atoms with Gasteiger partial charge in [-0.1, -0.05) is 30.3 Å². The van der Waals surface area contributed by atoms with E-state index in [2.05, 4.69) is 11.5 Å². The smallest absolute Gasteiger partial charge is 0.122 e. The highest BCUT2D eigenvalue weighted by Gasteiger charge is 2.31. The molecule has 0 fully saturated rings. The van der Waals surface area contributed by atoms with E-state index in [-0.39, 0.29) is 12.0 Å². The Morgan fingerprint density at radius 1 is 1.20 bits per heavy atom. The number of benzene rings is 2. The predicted octanol–water partition coefficient (Wildman–Crippen LogP) is 2.38. The number of nitrogens with one attached hydrogen (secondary N) is 1. The molecule has 2 aromatic carbocycles. The van der Waals surface area contributed by atoms with Crippen LogP contribution in [-0.4, -0.2) is 13.7 Å². The normalized spacial score (nSPS) is 18.2. The second-order valence-electron chi connectivity index (χ2n) is 4.87. The molecule has 4 heteroatoms. The van der Waals surface area contributed by atoms with Crippen molar-refractivity contribution in [1.82, 2.24) is 5.43 Å². The molecule has 3 N–H and O–H groups in total. The minimum atomic E-state index is 0.0181. The number of hydrazine groups is 1. The van der Waals surface area contributed by atoms with Gasteiger partial charge in [0.2, 0.25) is 0 Å². The molecule has 4 nitrogen and oxygen atoms in total. The van der Waals surface area contributed by atoms with Crippen LogP contribution in [0.4, 0.5) is 0 Å². The van der Waals surface area contributed by atoms with E-state index in [0.29, 0.717) is 6.61 Å². The van der Waals surface area contributed by atoms with E-state index in [1.165, 1.54) is 5.56 Å². The third-order valence-corrected chi connectivity index (χ3v) is 3.79. The quantitative estimate of drug-likeness (QED) is 0.661. The van der Waals surface area contributed by atoms with E-state index in [9.17, 15) is 0 Å². The van der Waals surface area contributed by atoms with Crippen LogP contribution in [0.3, 0.4) is 0 Å². The molecule has 1 heterocycles. The number of hydrogen-bond acceptors (Lipinski definition) is 4. The Labute approximate surface area is 118 Å². The molecule has 0 saturated carbocycles. The number of hydrogen-bond donors (Lipinski definition) is 2. The third kappa shape index (κ3) is 2.24. The highest BCUT2D eigenvalue weighted by Crippen LogP contribution is 2.40. The maximum Gasteiger partial charge on any atom is 0.122 e. The molecule has 0 aromatic heterocycles. The average molecular weight is 270 g/mol. The molecule has 104 valence electrons. The van der Waals surface area contributed by atoms with E-state index >= 15 is 0 Å². The molecule has 0 amide bonds. The fourth-order valence-electron chi connectivity index (χ4n) is 2.72. The molecule has 1 aliphatic rings. The lowest BCUT2D eigenvalue weighted by atomic mass is 9.89. The Morgan fingerprint density at radius 2 is 1.95 bits per heavy atom. The van der Waals surface area contributed by atoms with Gasteiger partial charge >= 0.3 is 0 Å². The first kappa shape index (κ1) is 13.0. The Bertz CT molecular complexity index is 583. The van der Waals surface area contributed by atoms with Crippen LogP contribution < -0.4 is 20.7 Å². The summed E-state index contributed by atoms with van der Waals surface area (Å²) in [6.07, 6.45) is 0. The van der Waals surface area contributed by atoms with Crippen LogP contribution in [0.2, 0.25) is 0 Å². The number of fused-ring (bicyclic) bond motifs is 1. The topological polar surface area (TPSA) is 56.5 Å². The van der Waals surface area contributed by atoms with E-state index in [1.807, 2.05) is 42.5 Å². The van der Waals surface area contributed by atoms with Crippen molar-refractivity contribution in [2.24, 2.45) is 5.84 Å². The summed E-state index contributed by atoms with van der Waals surface area (Å²) < 4.78 is 10.9. The van der Waals surface area contributed by atoms with Crippen LogP contribution in [-0.2, 0) is 0 Å². The van der Waals surface area contributed by atoms with Gasteiger partial charge < -0.3 is 9.47 Å². The summed E-state index contributed by atoms with van der Waals surface area (Å²) in [6, 6.07) is 16.1. The van der Waals surface area contributed by atoms with Crippen molar-refractivity contribution in [3.05, 3.63) is 59.7 Å². The van der Waals surface area contributed by atoms with Gasteiger partial charge in [0.15, 0.2) is 0 Å². The molecule has 3 rings (SSSR count). The lowest BCUT2D eigenvalue weighted by Crippen LogP contribution is -2.33. The van der Waals surface area contributed by atoms with Crippen molar-refractivity contribution in [3.63, 3.8) is 0 Å². The first-order valence-electron chi connectivity index (χ1n) is 6.65. The van der Waals surface area contributed by atoms with Gasteiger partial charge in [-0.3, -0.25) is 11.3 Å². The minimum Gasteiger partial charge on any atom is -0.497 e. The van der Waals surface area contributed by atoms with Gasteiger partial charge in [0, 0.05) is 11.5 Å². The van der Waals surface area contributed by atoms with Gasteiger partial charge in [-0.05, 0) is 23.8 Å². The van der Waals surface area contributed by atoms with Crippen LogP contribution in [0.15, 0.2) is 48.5 Å². The molecule has 2 aromatic rings. The summed E-state index contributed by atoms with van der Waals surface area (Å²) >= 11 is 0. The molecule has 2 unspecified atom stereocenters. The Balaban J connectivity index is 1.90. The van der Waals surface area contributed by atoms with Gasteiger partial charge in [-0.15, -0.1) is 0 Å². The van der Waals surface area contributed by atoms with E-state index in [4.69, 9.17) is 15.3 Å². The largest absolute Gasteiger partial charge is 0.497 e. The zero-order chi connectivity index (χ0) is 13.9. The first-order valence-corrected chi connectivity index (χ1v) is 6.65. The Hall–Kier alpha value is -2.04. The van der Waals surface area contributed by atoms with Crippen molar-refractivity contribution < 1.29 is 9.47 Å². The van der Waals surface area contributed by atoms with Crippen LogP contribution >= 0.6 is 0 Å². The van der Waals surface area contributed by atoms with Crippen molar-refractivity contribution in [2.45, 2.75) is 12.0 Å². The monoisotopic (exact) mass is 270 g/mol. The molecule has 0 radical (unpaired) electrons. The SMILES string of the molecule is COc1ccc(C(NN)C2COc3ccccc32)cc1. The molecule has 0 aliphatic carbocycles. The summed E-state index contributed by atoms with van der Waals surface area (Å²) in [6.45, 7) is 0.639. The number of rotatable bonds is 4. The maximum absolute atomic E-state index is 5.78. The molecule has 1 aliphatic heterocycles. The van der Waals surface area contributed by atoms with E-state index in [0.717, 1.165) is 17.1 Å². The Morgan fingerprint density at radius 3 is 2.65 bits per heavy atom. The second kappa shape index (κ2) is 5.53. The fourth-order valence-corrected chi connectivity index (χ4v) is 2.72. The van der Waals surface area contributed by atoms with Crippen LogP contribution in [0, 0.1) is 0 Å². The average Bonchev–Trinajstić information content (AvgIpc) is 2.93. The zero-order valence-electron chi connectivity index (χ0n) is 11.4. The summed E-state index contributed by atoms with van der Waals surface area (Å²) in [5.41, 5.74) is 5.24. The molecular formula is C16H18N2O2. The lowest BCUT2D eigenvalue weighted by Gasteiger charge is -2.22. The molecular weight excluding hydrogens is 252 g/mol. The number of para-hydroxylation sites is 1. The van der Waals surface area contributed by atoms with Gasteiger partial charge in [0.05, 0.1) is 19.8 Å². The van der Waals surface area contributed by atoms with Crippen LogP contribution in [0.25, 0.3) is 0 Å². The summed E-state index contributed by atoms with van der Waals surface area (Å²) in [5.74, 6) is 7.78. The molecule has 20 heavy (non-hydrogen) atoms. The molecule has 0 saturated heterocycles. The van der Waals surface area contributed by atoms with Crippen molar-refractivity contribution in [3.8, 4) is 11.5 Å².